The van der Waals surface area contributed by atoms with Crippen molar-refractivity contribution in [1.29, 1.82) is 0 Å². The second-order valence-electron chi connectivity index (χ2n) is 5.05. The maximum atomic E-state index is 5.78. The summed E-state index contributed by atoms with van der Waals surface area (Å²) in [4.78, 5) is 1.38. The summed E-state index contributed by atoms with van der Waals surface area (Å²) in [6.45, 7) is 2.96. The Morgan fingerprint density at radius 1 is 1.15 bits per heavy atom. The largest absolute Gasteiger partial charge is 0.493 e. The van der Waals surface area contributed by atoms with Crippen LogP contribution in [0.25, 0.3) is 0 Å². The van der Waals surface area contributed by atoms with Crippen LogP contribution in [0.4, 0.5) is 0 Å². The first-order chi connectivity index (χ1) is 9.78. The number of ether oxygens (including phenoxy) is 1. The van der Waals surface area contributed by atoms with Crippen LogP contribution in [0.5, 0.6) is 5.75 Å². The average Bonchev–Trinajstić information content (AvgIpc) is 2.99. The van der Waals surface area contributed by atoms with E-state index in [1.54, 1.807) is 11.3 Å². The molecule has 108 valence electrons. The van der Waals surface area contributed by atoms with Gasteiger partial charge in [0.15, 0.2) is 0 Å². The first-order valence-corrected chi connectivity index (χ1v) is 8.07. The Balaban J connectivity index is 1.73. The number of hydrogen-bond acceptors (Lipinski definition) is 3. The summed E-state index contributed by atoms with van der Waals surface area (Å²) in [7, 11) is 2.01. The summed E-state index contributed by atoms with van der Waals surface area (Å²) in [6, 6.07) is 13.3. The average molecular weight is 289 g/mol. The summed E-state index contributed by atoms with van der Waals surface area (Å²) in [5, 5.41) is 5.37. The number of nitrogens with one attached hydrogen (secondary N) is 1. The molecular formula is C17H23NOS. The van der Waals surface area contributed by atoms with Crippen molar-refractivity contribution in [2.75, 3.05) is 13.7 Å². The molecule has 0 saturated heterocycles. The van der Waals surface area contributed by atoms with Gasteiger partial charge in [0, 0.05) is 17.3 Å². The highest BCUT2D eigenvalue weighted by molar-refractivity contribution is 7.09. The Hall–Kier alpha value is -1.32. The minimum absolute atomic E-state index is 0.566. The fraction of sp³-hybridized carbons (Fsp3) is 0.412. The van der Waals surface area contributed by atoms with Gasteiger partial charge in [0.1, 0.15) is 5.75 Å². The molecule has 0 saturated carbocycles. The molecule has 0 spiro atoms. The SMILES string of the molecule is CNC(C)CCc1ccc(OCCc2cccs2)cc1. The van der Waals surface area contributed by atoms with E-state index in [4.69, 9.17) is 4.74 Å². The normalized spacial score (nSPS) is 12.3. The molecule has 0 amide bonds. The van der Waals surface area contributed by atoms with E-state index in [9.17, 15) is 0 Å². The number of rotatable bonds is 8. The van der Waals surface area contributed by atoms with Gasteiger partial charge in [0.05, 0.1) is 6.61 Å². The Bertz CT molecular complexity index is 478. The first kappa shape index (κ1) is 15.1. The van der Waals surface area contributed by atoms with Gasteiger partial charge in [0.2, 0.25) is 0 Å². The molecule has 1 unspecified atom stereocenters. The van der Waals surface area contributed by atoms with E-state index in [0.717, 1.165) is 31.6 Å². The van der Waals surface area contributed by atoms with Crippen molar-refractivity contribution in [2.45, 2.75) is 32.2 Å². The van der Waals surface area contributed by atoms with E-state index >= 15 is 0 Å². The molecule has 2 rings (SSSR count). The fourth-order valence-corrected chi connectivity index (χ4v) is 2.69. The van der Waals surface area contributed by atoms with Crippen molar-refractivity contribution in [1.82, 2.24) is 5.32 Å². The molecule has 1 heterocycles. The van der Waals surface area contributed by atoms with Gasteiger partial charge >= 0.3 is 0 Å². The van der Waals surface area contributed by atoms with E-state index < -0.39 is 0 Å². The van der Waals surface area contributed by atoms with Crippen LogP contribution in [0.3, 0.4) is 0 Å². The van der Waals surface area contributed by atoms with Crippen molar-refractivity contribution >= 4 is 11.3 Å². The molecule has 0 aliphatic carbocycles. The molecule has 0 aliphatic heterocycles. The van der Waals surface area contributed by atoms with Crippen molar-refractivity contribution < 1.29 is 4.74 Å². The monoisotopic (exact) mass is 289 g/mol. The minimum atomic E-state index is 0.566. The van der Waals surface area contributed by atoms with Crippen LogP contribution in [-0.2, 0) is 12.8 Å². The van der Waals surface area contributed by atoms with Crippen molar-refractivity contribution in [3.8, 4) is 5.75 Å². The Morgan fingerprint density at radius 3 is 2.60 bits per heavy atom. The lowest BCUT2D eigenvalue weighted by atomic mass is 10.1. The van der Waals surface area contributed by atoms with Crippen LogP contribution < -0.4 is 10.1 Å². The zero-order chi connectivity index (χ0) is 14.2. The molecule has 0 fully saturated rings. The molecule has 0 bridgehead atoms. The fourth-order valence-electron chi connectivity index (χ4n) is 2.00. The first-order valence-electron chi connectivity index (χ1n) is 7.19. The molecule has 2 nitrogen and oxygen atoms in total. The Morgan fingerprint density at radius 2 is 1.95 bits per heavy atom. The lowest BCUT2D eigenvalue weighted by molar-refractivity contribution is 0.323. The highest BCUT2D eigenvalue weighted by Crippen LogP contribution is 2.15. The van der Waals surface area contributed by atoms with E-state index in [2.05, 4.69) is 54.0 Å². The highest BCUT2D eigenvalue weighted by atomic mass is 32.1. The molecule has 1 atom stereocenters. The number of thiophene rings is 1. The van der Waals surface area contributed by atoms with Crippen LogP contribution in [0.1, 0.15) is 23.8 Å². The molecule has 20 heavy (non-hydrogen) atoms. The molecule has 1 N–H and O–H groups in total. The predicted molar refractivity (Wildman–Crippen MR) is 86.8 cm³/mol. The third-order valence-corrected chi connectivity index (χ3v) is 4.42. The van der Waals surface area contributed by atoms with E-state index in [0.29, 0.717) is 6.04 Å². The van der Waals surface area contributed by atoms with Gasteiger partial charge in [-0.15, -0.1) is 11.3 Å². The molecular weight excluding hydrogens is 266 g/mol. The van der Waals surface area contributed by atoms with Gasteiger partial charge in [-0.05, 0) is 56.0 Å². The summed E-state index contributed by atoms with van der Waals surface area (Å²) >= 11 is 1.79. The predicted octanol–water partition coefficient (Wildman–Crippen LogP) is 3.91. The van der Waals surface area contributed by atoms with Gasteiger partial charge in [-0.25, -0.2) is 0 Å². The summed E-state index contributed by atoms with van der Waals surface area (Å²) in [5.74, 6) is 0.965. The second-order valence-corrected chi connectivity index (χ2v) is 6.08. The van der Waals surface area contributed by atoms with Crippen LogP contribution in [0.15, 0.2) is 41.8 Å². The summed E-state index contributed by atoms with van der Waals surface area (Å²) in [6.07, 6.45) is 3.26. The number of aryl methyl sites for hydroxylation is 1. The Kier molecular flexibility index (Phi) is 6.09. The maximum Gasteiger partial charge on any atom is 0.119 e. The van der Waals surface area contributed by atoms with Gasteiger partial charge in [-0.1, -0.05) is 18.2 Å². The van der Waals surface area contributed by atoms with Crippen molar-refractivity contribution in [3.05, 3.63) is 52.2 Å². The van der Waals surface area contributed by atoms with E-state index in [-0.39, 0.29) is 0 Å². The molecule has 1 aromatic carbocycles. The molecule has 0 radical (unpaired) electrons. The Labute approximate surface area is 125 Å². The lowest BCUT2D eigenvalue weighted by Crippen LogP contribution is -2.21. The molecule has 2 aromatic rings. The third-order valence-electron chi connectivity index (χ3n) is 3.48. The maximum absolute atomic E-state index is 5.78. The third kappa shape index (κ3) is 4.99. The van der Waals surface area contributed by atoms with Crippen LogP contribution in [0.2, 0.25) is 0 Å². The molecule has 3 heteroatoms. The zero-order valence-corrected chi connectivity index (χ0v) is 13.1. The van der Waals surface area contributed by atoms with Gasteiger partial charge in [-0.2, -0.15) is 0 Å². The molecule has 0 aliphatic rings. The number of hydrogen-bond donors (Lipinski definition) is 1. The van der Waals surface area contributed by atoms with E-state index in [1.807, 2.05) is 7.05 Å². The standard InChI is InChI=1S/C17H23NOS/c1-14(18-2)5-6-15-7-9-16(10-8-15)19-12-11-17-4-3-13-20-17/h3-4,7-10,13-14,18H,5-6,11-12H2,1-2H3. The quantitative estimate of drug-likeness (QED) is 0.795. The molecule has 1 aromatic heterocycles. The lowest BCUT2D eigenvalue weighted by Gasteiger charge is -2.10. The zero-order valence-electron chi connectivity index (χ0n) is 12.3. The van der Waals surface area contributed by atoms with E-state index in [1.165, 1.54) is 10.4 Å². The minimum Gasteiger partial charge on any atom is -0.493 e. The van der Waals surface area contributed by atoms with Crippen LogP contribution in [-0.4, -0.2) is 19.7 Å². The number of benzene rings is 1. The second kappa shape index (κ2) is 8.08. The van der Waals surface area contributed by atoms with Gasteiger partial charge in [-0.3, -0.25) is 0 Å². The highest BCUT2D eigenvalue weighted by Gasteiger charge is 2.01. The summed E-state index contributed by atoms with van der Waals surface area (Å²) in [5.41, 5.74) is 1.37. The van der Waals surface area contributed by atoms with Crippen molar-refractivity contribution in [2.24, 2.45) is 0 Å². The topological polar surface area (TPSA) is 21.3 Å². The van der Waals surface area contributed by atoms with Crippen LogP contribution >= 0.6 is 11.3 Å². The van der Waals surface area contributed by atoms with Crippen LogP contribution in [0, 0.1) is 0 Å². The van der Waals surface area contributed by atoms with Crippen molar-refractivity contribution in [3.63, 3.8) is 0 Å². The van der Waals surface area contributed by atoms with Gasteiger partial charge in [0.25, 0.3) is 0 Å². The smallest absolute Gasteiger partial charge is 0.119 e. The summed E-state index contributed by atoms with van der Waals surface area (Å²) < 4.78 is 5.78. The van der Waals surface area contributed by atoms with Gasteiger partial charge < -0.3 is 10.1 Å².